The highest BCUT2D eigenvalue weighted by Gasteiger charge is 2.41. The highest BCUT2D eigenvalue weighted by Crippen LogP contribution is 2.32. The SMILES string of the molecule is CCCCOC(CC)(Oc1ccc(Cl)cc1Cl)C(=O)O. The molecule has 6 heteroatoms. The summed E-state index contributed by atoms with van der Waals surface area (Å²) in [6, 6.07) is 4.60. The van der Waals surface area contributed by atoms with E-state index in [9.17, 15) is 9.90 Å². The molecule has 20 heavy (non-hydrogen) atoms. The Balaban J connectivity index is 2.96. The van der Waals surface area contributed by atoms with Crippen LogP contribution >= 0.6 is 23.2 Å². The van der Waals surface area contributed by atoms with Crippen molar-refractivity contribution in [1.82, 2.24) is 0 Å². The van der Waals surface area contributed by atoms with E-state index in [-0.39, 0.29) is 17.2 Å². The van der Waals surface area contributed by atoms with Gasteiger partial charge in [0.1, 0.15) is 5.75 Å². The van der Waals surface area contributed by atoms with Crippen LogP contribution in [0, 0.1) is 0 Å². The van der Waals surface area contributed by atoms with Crippen LogP contribution in [0.25, 0.3) is 0 Å². The second-order valence-corrected chi connectivity index (χ2v) is 5.13. The van der Waals surface area contributed by atoms with Crippen molar-refractivity contribution < 1.29 is 19.4 Å². The molecule has 1 atom stereocenters. The van der Waals surface area contributed by atoms with Gasteiger partial charge in [0, 0.05) is 11.4 Å². The van der Waals surface area contributed by atoms with E-state index in [0.29, 0.717) is 11.6 Å². The molecule has 112 valence electrons. The lowest BCUT2D eigenvalue weighted by Crippen LogP contribution is -2.47. The Morgan fingerprint density at radius 3 is 2.55 bits per heavy atom. The summed E-state index contributed by atoms with van der Waals surface area (Å²) < 4.78 is 11.0. The number of hydrogen-bond donors (Lipinski definition) is 1. The number of carbonyl (C=O) groups is 1. The zero-order valence-corrected chi connectivity index (χ0v) is 13.0. The molecule has 0 spiro atoms. The number of carboxylic acid groups (broad SMARTS) is 1. The molecule has 1 aromatic rings. The smallest absolute Gasteiger partial charge is 0.377 e. The maximum Gasteiger partial charge on any atom is 0.377 e. The molecule has 0 fully saturated rings. The Hall–Kier alpha value is -0.970. The molecule has 0 bridgehead atoms. The molecule has 0 radical (unpaired) electrons. The standard InChI is InChI=1S/C14H18Cl2O4/c1-3-5-8-19-14(4-2,13(17)18)20-12-7-6-10(15)9-11(12)16/h6-7,9H,3-5,8H2,1-2H3,(H,17,18). The van der Waals surface area contributed by atoms with Crippen molar-refractivity contribution in [1.29, 1.82) is 0 Å². The van der Waals surface area contributed by atoms with Gasteiger partial charge in [-0.2, -0.15) is 0 Å². The highest BCUT2D eigenvalue weighted by molar-refractivity contribution is 6.35. The minimum absolute atomic E-state index is 0.158. The molecule has 0 aromatic heterocycles. The van der Waals surface area contributed by atoms with Crippen molar-refractivity contribution in [2.75, 3.05) is 6.61 Å². The monoisotopic (exact) mass is 320 g/mol. The average Bonchev–Trinajstić information content (AvgIpc) is 2.40. The summed E-state index contributed by atoms with van der Waals surface area (Å²) in [7, 11) is 0. The molecule has 0 heterocycles. The van der Waals surface area contributed by atoms with Gasteiger partial charge in [-0.15, -0.1) is 0 Å². The number of unbranched alkanes of at least 4 members (excludes halogenated alkanes) is 1. The first-order valence-corrected chi connectivity index (χ1v) is 7.22. The number of aliphatic carboxylic acids is 1. The van der Waals surface area contributed by atoms with Crippen LogP contribution < -0.4 is 4.74 Å². The van der Waals surface area contributed by atoms with Crippen LogP contribution in [0.1, 0.15) is 33.1 Å². The number of halogens is 2. The number of ether oxygens (including phenoxy) is 2. The van der Waals surface area contributed by atoms with E-state index in [4.69, 9.17) is 32.7 Å². The van der Waals surface area contributed by atoms with E-state index >= 15 is 0 Å². The summed E-state index contributed by atoms with van der Waals surface area (Å²) in [5.74, 6) is -2.67. The van der Waals surface area contributed by atoms with Gasteiger partial charge in [-0.05, 0) is 24.6 Å². The third-order valence-electron chi connectivity index (χ3n) is 2.79. The first-order chi connectivity index (χ1) is 9.45. The zero-order valence-electron chi connectivity index (χ0n) is 11.5. The Bertz CT molecular complexity index is 464. The van der Waals surface area contributed by atoms with Crippen LogP contribution in [-0.4, -0.2) is 23.5 Å². The Labute approximate surface area is 128 Å². The van der Waals surface area contributed by atoms with Gasteiger partial charge < -0.3 is 14.6 Å². The second kappa shape index (κ2) is 7.72. The first-order valence-electron chi connectivity index (χ1n) is 6.46. The molecule has 1 unspecified atom stereocenters. The third kappa shape index (κ3) is 4.27. The van der Waals surface area contributed by atoms with E-state index in [1.165, 1.54) is 12.1 Å². The van der Waals surface area contributed by atoms with Crippen LogP contribution in [0.4, 0.5) is 0 Å². The van der Waals surface area contributed by atoms with Gasteiger partial charge in [0.25, 0.3) is 0 Å². The second-order valence-electron chi connectivity index (χ2n) is 4.29. The molecule has 1 rings (SSSR count). The van der Waals surface area contributed by atoms with Crippen LogP contribution in [0.2, 0.25) is 10.0 Å². The van der Waals surface area contributed by atoms with Crippen LogP contribution in [-0.2, 0) is 9.53 Å². The predicted octanol–water partition coefficient (Wildman–Crippen LogP) is 4.38. The largest absolute Gasteiger partial charge is 0.476 e. The minimum Gasteiger partial charge on any atom is -0.476 e. The minimum atomic E-state index is -1.73. The summed E-state index contributed by atoms with van der Waals surface area (Å²) in [6.45, 7) is 3.99. The fourth-order valence-corrected chi connectivity index (χ4v) is 2.02. The number of carboxylic acids is 1. The molecule has 0 amide bonds. The highest BCUT2D eigenvalue weighted by atomic mass is 35.5. The van der Waals surface area contributed by atoms with Crippen LogP contribution in [0.5, 0.6) is 5.75 Å². The van der Waals surface area contributed by atoms with E-state index in [1.807, 2.05) is 6.92 Å². The van der Waals surface area contributed by atoms with E-state index < -0.39 is 11.8 Å². The van der Waals surface area contributed by atoms with Gasteiger partial charge in [0.05, 0.1) is 11.6 Å². The summed E-state index contributed by atoms with van der Waals surface area (Å²) in [4.78, 5) is 11.5. The average molecular weight is 321 g/mol. The van der Waals surface area contributed by atoms with E-state index in [2.05, 4.69) is 0 Å². The van der Waals surface area contributed by atoms with Gasteiger partial charge in [0.2, 0.25) is 0 Å². The Kier molecular flexibility index (Phi) is 6.59. The van der Waals surface area contributed by atoms with E-state index in [0.717, 1.165) is 12.8 Å². The lowest BCUT2D eigenvalue weighted by Gasteiger charge is -2.29. The normalized spacial score (nSPS) is 13.8. The summed E-state index contributed by atoms with van der Waals surface area (Å²) in [5.41, 5.74) is 0. The first kappa shape index (κ1) is 17.1. The van der Waals surface area contributed by atoms with Crippen molar-refractivity contribution in [3.8, 4) is 5.75 Å². The lowest BCUT2D eigenvalue weighted by molar-refractivity contribution is -0.213. The van der Waals surface area contributed by atoms with Crippen molar-refractivity contribution in [3.05, 3.63) is 28.2 Å². The molecule has 0 saturated carbocycles. The van der Waals surface area contributed by atoms with Gasteiger partial charge in [-0.1, -0.05) is 43.5 Å². The number of hydrogen-bond acceptors (Lipinski definition) is 3. The third-order valence-corrected chi connectivity index (χ3v) is 3.32. The summed E-state index contributed by atoms with van der Waals surface area (Å²) in [5, 5.41) is 10.1. The maximum absolute atomic E-state index is 11.5. The van der Waals surface area contributed by atoms with Crippen molar-refractivity contribution in [2.45, 2.75) is 38.9 Å². The van der Waals surface area contributed by atoms with Gasteiger partial charge in [-0.3, -0.25) is 0 Å². The molecule has 1 N–H and O–H groups in total. The van der Waals surface area contributed by atoms with Crippen molar-refractivity contribution in [3.63, 3.8) is 0 Å². The fraction of sp³-hybridized carbons (Fsp3) is 0.500. The Morgan fingerprint density at radius 1 is 1.35 bits per heavy atom. The van der Waals surface area contributed by atoms with Crippen molar-refractivity contribution >= 4 is 29.2 Å². The molecular weight excluding hydrogens is 303 g/mol. The lowest BCUT2D eigenvalue weighted by atomic mass is 10.2. The molecule has 0 saturated heterocycles. The number of rotatable bonds is 8. The predicted molar refractivity (Wildman–Crippen MR) is 78.6 cm³/mol. The van der Waals surface area contributed by atoms with E-state index in [1.54, 1.807) is 13.0 Å². The van der Waals surface area contributed by atoms with Crippen LogP contribution in [0.15, 0.2) is 18.2 Å². The zero-order chi connectivity index (χ0) is 15.2. The molecule has 0 aliphatic carbocycles. The molecule has 0 aliphatic rings. The van der Waals surface area contributed by atoms with Crippen molar-refractivity contribution in [2.24, 2.45) is 0 Å². The topological polar surface area (TPSA) is 55.8 Å². The fourth-order valence-electron chi connectivity index (χ4n) is 1.58. The molecule has 1 aromatic carbocycles. The summed E-state index contributed by atoms with van der Waals surface area (Å²) in [6.07, 6.45) is 1.82. The Morgan fingerprint density at radius 2 is 2.05 bits per heavy atom. The molecular formula is C14H18Cl2O4. The van der Waals surface area contributed by atoms with Gasteiger partial charge in [-0.25, -0.2) is 4.79 Å². The molecule has 0 aliphatic heterocycles. The number of benzene rings is 1. The van der Waals surface area contributed by atoms with Gasteiger partial charge >= 0.3 is 11.8 Å². The van der Waals surface area contributed by atoms with Gasteiger partial charge in [0.15, 0.2) is 0 Å². The molecule has 4 nitrogen and oxygen atoms in total. The quantitative estimate of drug-likeness (QED) is 0.570. The summed E-state index contributed by atoms with van der Waals surface area (Å²) >= 11 is 11.8. The maximum atomic E-state index is 11.5. The van der Waals surface area contributed by atoms with Crippen LogP contribution in [0.3, 0.4) is 0 Å².